The zero-order valence-corrected chi connectivity index (χ0v) is 7.00. The third-order valence-corrected chi connectivity index (χ3v) is 1.98. The van der Waals surface area contributed by atoms with E-state index in [9.17, 15) is 13.2 Å². The van der Waals surface area contributed by atoms with E-state index in [2.05, 4.69) is 0 Å². The monoisotopic (exact) mass is 194 g/mol. The lowest BCUT2D eigenvalue weighted by atomic mass is 10.1. The van der Waals surface area contributed by atoms with Crippen LogP contribution in [0.5, 0.6) is 0 Å². The van der Waals surface area contributed by atoms with Crippen LogP contribution in [-0.2, 0) is 0 Å². The van der Waals surface area contributed by atoms with Gasteiger partial charge in [-0.05, 0) is 24.6 Å². The summed E-state index contributed by atoms with van der Waals surface area (Å²) in [5.41, 5.74) is -0.118. The predicted molar refractivity (Wildman–Crippen MR) is 41.1 cm³/mol. The molecule has 0 aliphatic rings. The molecule has 12 heavy (non-hydrogen) atoms. The predicted octanol–water partition coefficient (Wildman–Crippen LogP) is 3.73. The SMILES string of the molecule is Cc1c(Cl)cc(F)cc1C(F)F. The van der Waals surface area contributed by atoms with Crippen molar-refractivity contribution < 1.29 is 13.2 Å². The molecule has 0 N–H and O–H groups in total. The quantitative estimate of drug-likeness (QED) is 0.639. The lowest BCUT2D eigenvalue weighted by molar-refractivity contribution is 0.150. The third kappa shape index (κ3) is 1.72. The van der Waals surface area contributed by atoms with E-state index >= 15 is 0 Å². The van der Waals surface area contributed by atoms with Crippen molar-refractivity contribution in [3.63, 3.8) is 0 Å². The Morgan fingerprint density at radius 3 is 2.42 bits per heavy atom. The first-order chi connectivity index (χ1) is 5.52. The van der Waals surface area contributed by atoms with Crippen LogP contribution in [0.15, 0.2) is 12.1 Å². The van der Waals surface area contributed by atoms with E-state index in [4.69, 9.17) is 11.6 Å². The Hall–Kier alpha value is -0.700. The van der Waals surface area contributed by atoms with Crippen LogP contribution in [0, 0.1) is 12.7 Å². The summed E-state index contributed by atoms with van der Waals surface area (Å²) in [5, 5.41) is 0.0327. The van der Waals surface area contributed by atoms with Crippen molar-refractivity contribution in [1.82, 2.24) is 0 Å². The van der Waals surface area contributed by atoms with Crippen molar-refractivity contribution in [3.05, 3.63) is 34.1 Å². The highest BCUT2D eigenvalue weighted by Gasteiger charge is 2.13. The molecule has 4 heteroatoms. The molecular formula is C8H6ClF3. The van der Waals surface area contributed by atoms with Crippen molar-refractivity contribution in [2.75, 3.05) is 0 Å². The fourth-order valence-corrected chi connectivity index (χ4v) is 1.11. The second-order valence-electron chi connectivity index (χ2n) is 2.40. The number of hydrogen-bond acceptors (Lipinski definition) is 0. The highest BCUT2D eigenvalue weighted by Crippen LogP contribution is 2.28. The molecule has 0 bridgehead atoms. The molecule has 0 unspecified atom stereocenters. The van der Waals surface area contributed by atoms with E-state index in [1.165, 1.54) is 6.92 Å². The largest absolute Gasteiger partial charge is 0.264 e. The van der Waals surface area contributed by atoms with Crippen molar-refractivity contribution in [1.29, 1.82) is 0 Å². The maximum atomic E-state index is 12.6. The maximum Gasteiger partial charge on any atom is 0.264 e. The van der Waals surface area contributed by atoms with E-state index < -0.39 is 12.2 Å². The van der Waals surface area contributed by atoms with Gasteiger partial charge in [0.2, 0.25) is 0 Å². The van der Waals surface area contributed by atoms with E-state index in [0.717, 1.165) is 12.1 Å². The normalized spacial score (nSPS) is 10.8. The average Bonchev–Trinajstić information content (AvgIpc) is 1.96. The first kappa shape index (κ1) is 9.39. The summed E-state index contributed by atoms with van der Waals surface area (Å²) in [6, 6.07) is 1.81. The van der Waals surface area contributed by atoms with E-state index in [1.54, 1.807) is 0 Å². The zero-order valence-electron chi connectivity index (χ0n) is 6.24. The van der Waals surface area contributed by atoms with Gasteiger partial charge in [-0.15, -0.1) is 0 Å². The summed E-state index contributed by atoms with van der Waals surface area (Å²) in [5.74, 6) is -0.735. The number of alkyl halides is 2. The van der Waals surface area contributed by atoms with Crippen LogP contribution in [0.1, 0.15) is 17.6 Å². The molecule has 0 aliphatic heterocycles. The van der Waals surface area contributed by atoms with Gasteiger partial charge in [0.05, 0.1) is 0 Å². The van der Waals surface area contributed by atoms with Gasteiger partial charge in [0, 0.05) is 10.6 Å². The molecular weight excluding hydrogens is 189 g/mol. The Bertz CT molecular complexity index is 297. The van der Waals surface area contributed by atoms with E-state index in [0.29, 0.717) is 0 Å². The Balaban J connectivity index is 3.28. The molecule has 0 heterocycles. The number of hydrogen-bond donors (Lipinski definition) is 0. The second-order valence-corrected chi connectivity index (χ2v) is 2.81. The van der Waals surface area contributed by atoms with Gasteiger partial charge in [0.25, 0.3) is 6.43 Å². The summed E-state index contributed by atoms with van der Waals surface area (Å²) in [6.07, 6.45) is -2.68. The average molecular weight is 195 g/mol. The molecule has 0 spiro atoms. The first-order valence-electron chi connectivity index (χ1n) is 3.26. The van der Waals surface area contributed by atoms with Gasteiger partial charge in [0.15, 0.2) is 0 Å². The molecule has 1 aromatic rings. The molecule has 66 valence electrons. The smallest absolute Gasteiger partial charge is 0.207 e. The number of benzene rings is 1. The van der Waals surface area contributed by atoms with Gasteiger partial charge in [-0.1, -0.05) is 11.6 Å². The minimum Gasteiger partial charge on any atom is -0.207 e. The van der Waals surface area contributed by atoms with Crippen LogP contribution < -0.4 is 0 Å². The maximum absolute atomic E-state index is 12.6. The minimum absolute atomic E-state index is 0.0327. The highest BCUT2D eigenvalue weighted by molar-refractivity contribution is 6.31. The molecule has 0 fully saturated rings. The van der Waals surface area contributed by atoms with Gasteiger partial charge in [0.1, 0.15) is 5.82 Å². The Morgan fingerprint density at radius 2 is 1.92 bits per heavy atom. The summed E-state index contributed by atoms with van der Waals surface area (Å²) >= 11 is 5.49. The van der Waals surface area contributed by atoms with Crippen LogP contribution in [0.3, 0.4) is 0 Å². The summed E-state index contributed by atoms with van der Waals surface area (Å²) < 4.78 is 36.9. The summed E-state index contributed by atoms with van der Waals surface area (Å²) in [6.45, 7) is 1.43. The second kappa shape index (κ2) is 3.35. The Labute approximate surface area is 73.0 Å². The zero-order chi connectivity index (χ0) is 9.30. The molecule has 1 rings (SSSR count). The Morgan fingerprint density at radius 1 is 1.33 bits per heavy atom. The molecule has 0 atom stereocenters. The number of rotatable bonds is 1. The fraction of sp³-hybridized carbons (Fsp3) is 0.250. The topological polar surface area (TPSA) is 0 Å². The molecule has 0 saturated heterocycles. The summed E-state index contributed by atoms with van der Waals surface area (Å²) in [7, 11) is 0. The van der Waals surface area contributed by atoms with Crippen LogP contribution in [0.4, 0.5) is 13.2 Å². The van der Waals surface area contributed by atoms with Gasteiger partial charge in [-0.3, -0.25) is 0 Å². The highest BCUT2D eigenvalue weighted by atomic mass is 35.5. The van der Waals surface area contributed by atoms with Gasteiger partial charge in [-0.2, -0.15) is 0 Å². The minimum atomic E-state index is -2.68. The molecule has 1 aromatic carbocycles. The van der Waals surface area contributed by atoms with E-state index in [1.807, 2.05) is 0 Å². The number of halogens is 4. The van der Waals surface area contributed by atoms with Crippen molar-refractivity contribution >= 4 is 11.6 Å². The standard InChI is InChI=1S/C8H6ClF3/c1-4-6(8(11)12)2-5(10)3-7(4)9/h2-3,8H,1H3. The molecule has 0 radical (unpaired) electrons. The van der Waals surface area contributed by atoms with Crippen LogP contribution in [0.25, 0.3) is 0 Å². The lowest BCUT2D eigenvalue weighted by Crippen LogP contribution is -1.92. The van der Waals surface area contributed by atoms with Crippen molar-refractivity contribution in [3.8, 4) is 0 Å². The fourth-order valence-electron chi connectivity index (χ4n) is 0.892. The molecule has 0 aliphatic carbocycles. The van der Waals surface area contributed by atoms with Gasteiger partial charge >= 0.3 is 0 Å². The molecule has 0 aromatic heterocycles. The van der Waals surface area contributed by atoms with Crippen molar-refractivity contribution in [2.24, 2.45) is 0 Å². The first-order valence-corrected chi connectivity index (χ1v) is 3.64. The Kier molecular flexibility index (Phi) is 2.62. The van der Waals surface area contributed by atoms with Crippen LogP contribution >= 0.6 is 11.6 Å². The van der Waals surface area contributed by atoms with Crippen LogP contribution in [-0.4, -0.2) is 0 Å². The van der Waals surface area contributed by atoms with Crippen molar-refractivity contribution in [2.45, 2.75) is 13.3 Å². The van der Waals surface area contributed by atoms with Crippen LogP contribution in [0.2, 0.25) is 5.02 Å². The summed E-state index contributed by atoms with van der Waals surface area (Å²) in [4.78, 5) is 0. The van der Waals surface area contributed by atoms with Gasteiger partial charge in [-0.25, -0.2) is 13.2 Å². The molecule has 0 saturated carbocycles. The molecule has 0 nitrogen and oxygen atoms in total. The van der Waals surface area contributed by atoms with E-state index in [-0.39, 0.29) is 16.1 Å². The lowest BCUT2D eigenvalue weighted by Gasteiger charge is -2.05. The van der Waals surface area contributed by atoms with Gasteiger partial charge < -0.3 is 0 Å². The third-order valence-electron chi connectivity index (χ3n) is 1.58. The molecule has 0 amide bonds.